The molecule has 2 N–H and O–H groups in total. The maximum absolute atomic E-state index is 12.3. The fourth-order valence-corrected chi connectivity index (χ4v) is 2.70. The van der Waals surface area contributed by atoms with Gasteiger partial charge in [0.2, 0.25) is 5.91 Å². The van der Waals surface area contributed by atoms with Gasteiger partial charge in [0.25, 0.3) is 0 Å². The van der Waals surface area contributed by atoms with Crippen molar-refractivity contribution < 1.29 is 9.90 Å². The van der Waals surface area contributed by atoms with Crippen molar-refractivity contribution >= 4 is 5.91 Å². The van der Waals surface area contributed by atoms with Gasteiger partial charge in [0, 0.05) is 19.1 Å². The number of amides is 1. The van der Waals surface area contributed by atoms with Crippen LogP contribution < -0.4 is 5.32 Å². The Kier molecular flexibility index (Phi) is 5.81. The van der Waals surface area contributed by atoms with Crippen LogP contribution in [0, 0.1) is 5.41 Å². The van der Waals surface area contributed by atoms with Gasteiger partial charge in [0.15, 0.2) is 0 Å². The van der Waals surface area contributed by atoms with Crippen molar-refractivity contribution in [3.63, 3.8) is 0 Å². The fraction of sp³-hybridized carbons (Fsp3) is 0.933. The number of likely N-dealkylation sites (tertiary alicyclic amines) is 1. The number of nitrogens with one attached hydrogen (secondary N) is 1. The van der Waals surface area contributed by atoms with Gasteiger partial charge in [-0.25, -0.2) is 0 Å². The third kappa shape index (κ3) is 5.91. The molecule has 2 unspecified atom stereocenters. The fourth-order valence-electron chi connectivity index (χ4n) is 2.70. The highest BCUT2D eigenvalue weighted by Gasteiger charge is 2.30. The molecule has 1 rings (SSSR count). The van der Waals surface area contributed by atoms with Gasteiger partial charge in [-0.1, -0.05) is 34.6 Å². The molecule has 0 radical (unpaired) electrons. The second-order valence-corrected chi connectivity index (χ2v) is 7.22. The topological polar surface area (TPSA) is 52.6 Å². The maximum atomic E-state index is 12.3. The lowest BCUT2D eigenvalue weighted by Gasteiger charge is -2.35. The van der Waals surface area contributed by atoms with Crippen LogP contribution in [-0.2, 0) is 4.79 Å². The summed E-state index contributed by atoms with van der Waals surface area (Å²) < 4.78 is 0. The van der Waals surface area contributed by atoms with Crippen LogP contribution in [0.3, 0.4) is 0 Å². The van der Waals surface area contributed by atoms with Gasteiger partial charge in [-0.2, -0.15) is 0 Å². The lowest BCUT2D eigenvalue weighted by molar-refractivity contribution is -0.138. The molecule has 4 nitrogen and oxygen atoms in total. The molecule has 19 heavy (non-hydrogen) atoms. The van der Waals surface area contributed by atoms with Crippen LogP contribution >= 0.6 is 0 Å². The zero-order valence-electron chi connectivity index (χ0n) is 13.1. The molecule has 0 aliphatic carbocycles. The summed E-state index contributed by atoms with van der Waals surface area (Å²) in [5.74, 6) is 0.146. The molecule has 2 atom stereocenters. The van der Waals surface area contributed by atoms with Crippen molar-refractivity contribution in [1.29, 1.82) is 0 Å². The van der Waals surface area contributed by atoms with Crippen molar-refractivity contribution in [3.8, 4) is 0 Å². The first-order chi connectivity index (χ1) is 8.69. The second-order valence-electron chi connectivity index (χ2n) is 7.22. The minimum atomic E-state index is -0.429. The number of hydrogen-bond donors (Lipinski definition) is 2. The molecule has 4 heteroatoms. The summed E-state index contributed by atoms with van der Waals surface area (Å²) in [6, 6.07) is 0.240. The van der Waals surface area contributed by atoms with Crippen molar-refractivity contribution in [2.24, 2.45) is 5.41 Å². The van der Waals surface area contributed by atoms with Crippen LogP contribution in [-0.4, -0.2) is 47.2 Å². The van der Waals surface area contributed by atoms with Gasteiger partial charge in [-0.3, -0.25) is 4.79 Å². The van der Waals surface area contributed by atoms with Crippen molar-refractivity contribution in [2.75, 3.05) is 13.1 Å². The van der Waals surface area contributed by atoms with Gasteiger partial charge in [0.1, 0.15) is 0 Å². The Morgan fingerprint density at radius 1 is 1.42 bits per heavy atom. The van der Waals surface area contributed by atoms with E-state index in [0.29, 0.717) is 12.6 Å². The van der Waals surface area contributed by atoms with Crippen LogP contribution in [0.4, 0.5) is 0 Å². The van der Waals surface area contributed by atoms with E-state index in [1.165, 1.54) is 0 Å². The minimum Gasteiger partial charge on any atom is -0.391 e. The van der Waals surface area contributed by atoms with E-state index in [1.807, 2.05) is 4.90 Å². The number of carbonyl (C=O) groups is 1. The molecule has 0 spiro atoms. The number of piperidine rings is 1. The van der Waals surface area contributed by atoms with Gasteiger partial charge in [-0.05, 0) is 24.7 Å². The Balaban J connectivity index is 2.51. The average molecular weight is 270 g/mol. The molecule has 112 valence electrons. The van der Waals surface area contributed by atoms with E-state index in [0.717, 1.165) is 25.8 Å². The van der Waals surface area contributed by atoms with Crippen LogP contribution in [0.5, 0.6) is 0 Å². The van der Waals surface area contributed by atoms with Gasteiger partial charge >= 0.3 is 0 Å². The normalized spacial score (nSPS) is 23.0. The molecular formula is C15H30N2O2. The summed E-state index contributed by atoms with van der Waals surface area (Å²) in [4.78, 5) is 14.1. The highest BCUT2D eigenvalue weighted by molar-refractivity contribution is 5.82. The smallest absolute Gasteiger partial charge is 0.239 e. The molecule has 1 saturated heterocycles. The number of carbonyl (C=O) groups excluding carboxylic acids is 1. The third-order valence-electron chi connectivity index (χ3n) is 3.34. The second kappa shape index (κ2) is 6.71. The van der Waals surface area contributed by atoms with Gasteiger partial charge in [0.05, 0.1) is 12.1 Å². The molecule has 0 saturated carbocycles. The van der Waals surface area contributed by atoms with E-state index in [1.54, 1.807) is 0 Å². The molecule has 0 bridgehead atoms. The molecule has 1 amide bonds. The van der Waals surface area contributed by atoms with Crippen LogP contribution in [0.1, 0.15) is 53.9 Å². The largest absolute Gasteiger partial charge is 0.391 e. The quantitative estimate of drug-likeness (QED) is 0.800. The highest BCUT2D eigenvalue weighted by atomic mass is 16.3. The molecular weight excluding hydrogens is 240 g/mol. The van der Waals surface area contributed by atoms with E-state index >= 15 is 0 Å². The third-order valence-corrected chi connectivity index (χ3v) is 3.34. The lowest BCUT2D eigenvalue weighted by Crippen LogP contribution is -2.54. The van der Waals surface area contributed by atoms with Crippen molar-refractivity contribution in [1.82, 2.24) is 10.2 Å². The first-order valence-electron chi connectivity index (χ1n) is 7.42. The first kappa shape index (κ1) is 16.4. The SMILES string of the molecule is CC(C)NC1CCCN(CC(O)CC(C)(C)C)C1=O. The summed E-state index contributed by atoms with van der Waals surface area (Å²) >= 11 is 0. The molecule has 1 aliphatic rings. The summed E-state index contributed by atoms with van der Waals surface area (Å²) in [7, 11) is 0. The Morgan fingerprint density at radius 3 is 2.58 bits per heavy atom. The number of nitrogens with zero attached hydrogens (tertiary/aromatic N) is 1. The van der Waals surface area contributed by atoms with Crippen LogP contribution in [0.15, 0.2) is 0 Å². The number of rotatable bonds is 5. The molecule has 1 fully saturated rings. The number of aliphatic hydroxyl groups excluding tert-OH is 1. The van der Waals surface area contributed by atoms with Gasteiger partial charge < -0.3 is 15.3 Å². The number of aliphatic hydroxyl groups is 1. The zero-order chi connectivity index (χ0) is 14.6. The molecule has 1 aliphatic heterocycles. The van der Waals surface area contributed by atoms with E-state index < -0.39 is 6.10 Å². The minimum absolute atomic E-state index is 0.0735. The summed E-state index contributed by atoms with van der Waals surface area (Å²) in [6.07, 6.45) is 2.21. The standard InChI is InChI=1S/C15H30N2O2/c1-11(2)16-13-7-6-8-17(14(13)19)10-12(18)9-15(3,4)5/h11-13,16,18H,6-10H2,1-5H3. The molecule has 1 heterocycles. The monoisotopic (exact) mass is 270 g/mol. The predicted molar refractivity (Wildman–Crippen MR) is 78.0 cm³/mol. The molecule has 0 aromatic heterocycles. The van der Waals surface area contributed by atoms with Gasteiger partial charge in [-0.15, -0.1) is 0 Å². The summed E-state index contributed by atoms with van der Waals surface area (Å²) in [5.41, 5.74) is 0.0911. The van der Waals surface area contributed by atoms with Crippen LogP contribution in [0.25, 0.3) is 0 Å². The highest BCUT2D eigenvalue weighted by Crippen LogP contribution is 2.22. The zero-order valence-corrected chi connectivity index (χ0v) is 13.1. The summed E-state index contributed by atoms with van der Waals surface area (Å²) in [5, 5.41) is 13.4. The average Bonchev–Trinajstić information content (AvgIpc) is 2.20. The van der Waals surface area contributed by atoms with E-state index in [4.69, 9.17) is 0 Å². The van der Waals surface area contributed by atoms with Crippen LogP contribution in [0.2, 0.25) is 0 Å². The lowest BCUT2D eigenvalue weighted by atomic mass is 9.89. The number of hydrogen-bond acceptors (Lipinski definition) is 3. The maximum Gasteiger partial charge on any atom is 0.239 e. The van der Waals surface area contributed by atoms with E-state index in [9.17, 15) is 9.90 Å². The Bertz CT molecular complexity index is 297. The first-order valence-corrected chi connectivity index (χ1v) is 7.42. The van der Waals surface area contributed by atoms with Crippen molar-refractivity contribution in [3.05, 3.63) is 0 Å². The Labute approximate surface area is 117 Å². The van der Waals surface area contributed by atoms with E-state index in [2.05, 4.69) is 39.9 Å². The molecule has 0 aromatic rings. The van der Waals surface area contributed by atoms with E-state index in [-0.39, 0.29) is 17.4 Å². The Hall–Kier alpha value is -0.610. The molecule has 0 aromatic carbocycles. The Morgan fingerprint density at radius 2 is 2.05 bits per heavy atom. The number of β-amino-alcohol motifs (C(OH)–C–C–N with tert-alkyl or cyclic N) is 1. The van der Waals surface area contributed by atoms with Crippen molar-refractivity contribution in [2.45, 2.75) is 72.1 Å². The summed E-state index contributed by atoms with van der Waals surface area (Å²) in [6.45, 7) is 11.7. The predicted octanol–water partition coefficient (Wildman–Crippen LogP) is 1.77.